The molecule has 0 atom stereocenters. The molecule has 0 amide bonds. The monoisotopic (exact) mass is 267 g/mol. The highest BCUT2D eigenvalue weighted by atomic mass is 19.3. The Morgan fingerprint density at radius 3 is 2.47 bits per heavy atom. The summed E-state index contributed by atoms with van der Waals surface area (Å²) < 4.78 is 30.3. The number of imidazole rings is 1. The van der Waals surface area contributed by atoms with E-state index >= 15 is 0 Å². The molecule has 2 aromatic rings. The van der Waals surface area contributed by atoms with E-state index in [0.29, 0.717) is 5.95 Å². The topological polar surface area (TPSA) is 39.1 Å². The number of anilines is 2. The maximum atomic E-state index is 12.0. The third kappa shape index (κ3) is 3.43. The minimum absolute atomic E-state index is 0.132. The minimum atomic E-state index is -2.81. The number of benzene rings is 1. The van der Waals surface area contributed by atoms with E-state index in [1.54, 1.807) is 18.3 Å². The lowest BCUT2D eigenvalue weighted by Crippen LogP contribution is -2.05. The van der Waals surface area contributed by atoms with Gasteiger partial charge in [0.25, 0.3) is 0 Å². The first-order valence-corrected chi connectivity index (χ1v) is 5.91. The molecule has 102 valence electrons. The van der Waals surface area contributed by atoms with Gasteiger partial charge < -0.3 is 14.6 Å². The van der Waals surface area contributed by atoms with Crippen molar-refractivity contribution in [1.29, 1.82) is 0 Å². The molecule has 1 N–H and O–H groups in total. The van der Waals surface area contributed by atoms with Crippen molar-refractivity contribution in [3.63, 3.8) is 0 Å². The molecule has 0 unspecified atom stereocenters. The quantitative estimate of drug-likeness (QED) is 0.895. The van der Waals surface area contributed by atoms with Crippen LogP contribution in [0, 0.1) is 0 Å². The maximum absolute atomic E-state index is 12.0. The molecule has 0 saturated heterocycles. The Kier molecular flexibility index (Phi) is 3.99. The Hall–Kier alpha value is -2.11. The standard InChI is InChI=1S/C13H15F2N3O/c1-9(2)18-8-7-16-13(18)17-10-3-5-11(6-4-10)19-12(14)15/h3-9,12H,1-2H3,(H,16,17). The SMILES string of the molecule is CC(C)n1ccnc1Nc1ccc(OC(F)F)cc1. The van der Waals surface area contributed by atoms with Crippen molar-refractivity contribution in [2.45, 2.75) is 26.5 Å². The molecule has 0 aliphatic rings. The van der Waals surface area contributed by atoms with Crippen LogP contribution in [0.3, 0.4) is 0 Å². The van der Waals surface area contributed by atoms with Gasteiger partial charge in [0.2, 0.25) is 5.95 Å². The van der Waals surface area contributed by atoms with Gasteiger partial charge in [-0.2, -0.15) is 8.78 Å². The molecule has 0 spiro atoms. The molecule has 1 aromatic carbocycles. The molecule has 0 bridgehead atoms. The van der Waals surface area contributed by atoms with Crippen molar-refractivity contribution < 1.29 is 13.5 Å². The number of nitrogens with zero attached hydrogens (tertiary/aromatic N) is 2. The van der Waals surface area contributed by atoms with Crippen molar-refractivity contribution in [3.8, 4) is 5.75 Å². The molecule has 0 aliphatic carbocycles. The summed E-state index contributed by atoms with van der Waals surface area (Å²) in [6, 6.07) is 6.58. The summed E-state index contributed by atoms with van der Waals surface area (Å²) in [5.41, 5.74) is 0.759. The predicted octanol–water partition coefficient (Wildman–Crippen LogP) is 3.81. The number of ether oxygens (including phenoxy) is 1. The zero-order valence-corrected chi connectivity index (χ0v) is 10.7. The fourth-order valence-electron chi connectivity index (χ4n) is 1.68. The molecule has 19 heavy (non-hydrogen) atoms. The summed E-state index contributed by atoms with van der Waals surface area (Å²) in [6.07, 6.45) is 3.58. The second-order valence-corrected chi connectivity index (χ2v) is 4.28. The highest BCUT2D eigenvalue weighted by molar-refractivity contribution is 5.55. The van der Waals surface area contributed by atoms with Crippen molar-refractivity contribution in [1.82, 2.24) is 9.55 Å². The van der Waals surface area contributed by atoms with E-state index in [1.165, 1.54) is 12.1 Å². The van der Waals surface area contributed by atoms with Gasteiger partial charge in [-0.05, 0) is 38.1 Å². The van der Waals surface area contributed by atoms with Gasteiger partial charge in [-0.15, -0.1) is 0 Å². The van der Waals surface area contributed by atoms with Gasteiger partial charge in [-0.3, -0.25) is 0 Å². The molecule has 0 aliphatic heterocycles. The summed E-state index contributed by atoms with van der Waals surface area (Å²) >= 11 is 0. The van der Waals surface area contributed by atoms with Gasteiger partial charge in [0.15, 0.2) is 0 Å². The molecular formula is C13H15F2N3O. The molecule has 0 fully saturated rings. The van der Waals surface area contributed by atoms with Crippen LogP contribution >= 0.6 is 0 Å². The normalized spacial score (nSPS) is 11.1. The Balaban J connectivity index is 2.09. The van der Waals surface area contributed by atoms with Crippen LogP contribution in [0.5, 0.6) is 5.75 Å². The molecule has 2 rings (SSSR count). The first kappa shape index (κ1) is 13.3. The average Bonchev–Trinajstić information content (AvgIpc) is 2.79. The fraction of sp³-hybridized carbons (Fsp3) is 0.308. The Morgan fingerprint density at radius 2 is 1.89 bits per heavy atom. The van der Waals surface area contributed by atoms with Crippen LogP contribution in [0.1, 0.15) is 19.9 Å². The van der Waals surface area contributed by atoms with Crippen molar-refractivity contribution >= 4 is 11.6 Å². The molecule has 1 heterocycles. The first-order valence-electron chi connectivity index (χ1n) is 5.91. The Morgan fingerprint density at radius 1 is 1.21 bits per heavy atom. The predicted molar refractivity (Wildman–Crippen MR) is 69.0 cm³/mol. The molecule has 0 saturated carbocycles. The van der Waals surface area contributed by atoms with Crippen LogP contribution < -0.4 is 10.1 Å². The molecule has 4 nitrogen and oxygen atoms in total. The zero-order valence-electron chi connectivity index (χ0n) is 10.7. The number of halogens is 2. The second kappa shape index (κ2) is 5.69. The van der Waals surface area contributed by atoms with Crippen LogP contribution in [0.2, 0.25) is 0 Å². The Labute approximate surface area is 110 Å². The molecule has 1 aromatic heterocycles. The summed E-state index contributed by atoms with van der Waals surface area (Å²) in [6.45, 7) is 1.29. The van der Waals surface area contributed by atoms with Crippen molar-refractivity contribution in [2.75, 3.05) is 5.32 Å². The van der Waals surface area contributed by atoms with E-state index in [1.807, 2.05) is 24.6 Å². The van der Waals surface area contributed by atoms with Crippen LogP contribution in [0.4, 0.5) is 20.4 Å². The smallest absolute Gasteiger partial charge is 0.387 e. The lowest BCUT2D eigenvalue weighted by atomic mass is 10.3. The molecule has 0 radical (unpaired) electrons. The highest BCUT2D eigenvalue weighted by Crippen LogP contribution is 2.21. The fourth-order valence-corrected chi connectivity index (χ4v) is 1.68. The Bertz CT molecular complexity index is 523. The van der Waals surface area contributed by atoms with E-state index in [9.17, 15) is 8.78 Å². The minimum Gasteiger partial charge on any atom is -0.435 e. The van der Waals surface area contributed by atoms with Gasteiger partial charge >= 0.3 is 6.61 Å². The highest BCUT2D eigenvalue weighted by Gasteiger charge is 2.07. The third-order valence-corrected chi connectivity index (χ3v) is 2.56. The third-order valence-electron chi connectivity index (χ3n) is 2.56. The van der Waals surface area contributed by atoms with Crippen molar-refractivity contribution in [3.05, 3.63) is 36.7 Å². The van der Waals surface area contributed by atoms with E-state index in [0.717, 1.165) is 5.69 Å². The zero-order chi connectivity index (χ0) is 13.8. The molecule has 6 heteroatoms. The van der Waals surface area contributed by atoms with E-state index in [2.05, 4.69) is 15.0 Å². The first-order chi connectivity index (χ1) is 9.06. The van der Waals surface area contributed by atoms with E-state index < -0.39 is 6.61 Å². The largest absolute Gasteiger partial charge is 0.435 e. The van der Waals surface area contributed by atoms with Crippen LogP contribution in [0.15, 0.2) is 36.7 Å². The number of hydrogen-bond acceptors (Lipinski definition) is 3. The average molecular weight is 267 g/mol. The summed E-state index contributed by atoms with van der Waals surface area (Å²) in [5, 5.41) is 3.12. The summed E-state index contributed by atoms with van der Waals surface area (Å²) in [5.74, 6) is 0.838. The van der Waals surface area contributed by atoms with Gasteiger partial charge in [0.1, 0.15) is 5.75 Å². The second-order valence-electron chi connectivity index (χ2n) is 4.28. The lowest BCUT2D eigenvalue weighted by molar-refractivity contribution is -0.0498. The summed E-state index contributed by atoms with van der Waals surface area (Å²) in [4.78, 5) is 4.20. The van der Waals surface area contributed by atoms with Crippen molar-refractivity contribution in [2.24, 2.45) is 0 Å². The van der Waals surface area contributed by atoms with Gasteiger partial charge in [-0.1, -0.05) is 0 Å². The number of nitrogens with one attached hydrogen (secondary N) is 1. The van der Waals surface area contributed by atoms with E-state index in [4.69, 9.17) is 0 Å². The number of hydrogen-bond donors (Lipinski definition) is 1. The number of aromatic nitrogens is 2. The summed E-state index contributed by atoms with van der Waals surface area (Å²) in [7, 11) is 0. The van der Waals surface area contributed by atoms with E-state index in [-0.39, 0.29) is 11.8 Å². The van der Waals surface area contributed by atoms with Crippen LogP contribution in [0.25, 0.3) is 0 Å². The number of alkyl halides is 2. The van der Waals surface area contributed by atoms with Gasteiger partial charge in [0.05, 0.1) is 0 Å². The van der Waals surface area contributed by atoms with Gasteiger partial charge in [0, 0.05) is 24.1 Å². The van der Waals surface area contributed by atoms with Crippen LogP contribution in [-0.2, 0) is 0 Å². The van der Waals surface area contributed by atoms with Gasteiger partial charge in [-0.25, -0.2) is 4.98 Å². The number of rotatable bonds is 5. The van der Waals surface area contributed by atoms with Crippen LogP contribution in [-0.4, -0.2) is 16.2 Å². The molecular weight excluding hydrogens is 252 g/mol. The lowest BCUT2D eigenvalue weighted by Gasteiger charge is -2.13. The maximum Gasteiger partial charge on any atom is 0.387 e.